The van der Waals surface area contributed by atoms with Crippen molar-refractivity contribution in [3.63, 3.8) is 0 Å². The predicted molar refractivity (Wildman–Crippen MR) is 122 cm³/mol. The highest BCUT2D eigenvalue weighted by molar-refractivity contribution is 7.16. The number of fused-ring (bicyclic) bond motifs is 1. The number of thiophene rings is 2. The molecule has 27 heavy (non-hydrogen) atoms. The summed E-state index contributed by atoms with van der Waals surface area (Å²) in [6, 6.07) is 0. The first-order valence-electron chi connectivity index (χ1n) is 9.13. The fourth-order valence-corrected chi connectivity index (χ4v) is 6.86. The maximum Gasteiger partial charge on any atom is 0.114 e. The van der Waals surface area contributed by atoms with Crippen molar-refractivity contribution in [2.24, 2.45) is 0 Å². The third kappa shape index (κ3) is 2.63. The van der Waals surface area contributed by atoms with E-state index in [4.69, 9.17) is 8.75 Å². The highest BCUT2D eigenvalue weighted by atomic mass is 32.1. The topological polar surface area (TPSA) is 25.8 Å². The molecule has 4 rings (SSSR count). The molecule has 0 spiro atoms. The minimum absolute atomic E-state index is 1.06. The van der Waals surface area contributed by atoms with E-state index in [2.05, 4.69) is 55.4 Å². The fraction of sp³-hybridized carbons (Fsp3) is 0.364. The molecule has 3 heterocycles. The largest absolute Gasteiger partial charge is 0.172 e. The van der Waals surface area contributed by atoms with Crippen LogP contribution in [0.25, 0.3) is 31.9 Å². The normalized spacial score (nSPS) is 11.7. The Bertz CT molecular complexity index is 1110. The first-order chi connectivity index (χ1) is 12.7. The van der Waals surface area contributed by atoms with E-state index < -0.39 is 0 Å². The van der Waals surface area contributed by atoms with E-state index in [1.807, 2.05) is 22.7 Å². The molecular weight excluding hydrogens is 388 g/mol. The number of aryl methyl sites for hydroxylation is 2. The van der Waals surface area contributed by atoms with Crippen molar-refractivity contribution in [3.8, 4) is 20.9 Å². The SMILES string of the molecule is Cc1sc(-c2c(C)c(C)c(-c3sc(C)c(C)c3C)c3nsnc23)c(C)c1C. The summed E-state index contributed by atoms with van der Waals surface area (Å²) < 4.78 is 9.53. The molecule has 0 N–H and O–H groups in total. The summed E-state index contributed by atoms with van der Waals surface area (Å²) >= 11 is 5.10. The van der Waals surface area contributed by atoms with Gasteiger partial charge >= 0.3 is 0 Å². The van der Waals surface area contributed by atoms with E-state index in [9.17, 15) is 0 Å². The van der Waals surface area contributed by atoms with Crippen molar-refractivity contribution < 1.29 is 0 Å². The van der Waals surface area contributed by atoms with Crippen molar-refractivity contribution in [2.75, 3.05) is 0 Å². The molecule has 0 saturated carbocycles. The summed E-state index contributed by atoms with van der Waals surface area (Å²) in [7, 11) is 0. The second-order valence-electron chi connectivity index (χ2n) is 7.44. The van der Waals surface area contributed by atoms with Gasteiger partial charge in [-0.3, -0.25) is 0 Å². The van der Waals surface area contributed by atoms with Gasteiger partial charge in [-0.2, -0.15) is 8.75 Å². The Morgan fingerprint density at radius 1 is 0.481 bits per heavy atom. The van der Waals surface area contributed by atoms with Crippen molar-refractivity contribution >= 4 is 45.4 Å². The summed E-state index contributed by atoms with van der Waals surface area (Å²) in [4.78, 5) is 5.48. The Morgan fingerprint density at radius 3 is 1.15 bits per heavy atom. The number of aromatic nitrogens is 2. The van der Waals surface area contributed by atoms with Crippen LogP contribution in [0.4, 0.5) is 0 Å². The van der Waals surface area contributed by atoms with Gasteiger partial charge in [0.05, 0.1) is 11.7 Å². The summed E-state index contributed by atoms with van der Waals surface area (Å²) in [5.74, 6) is 0. The Kier molecular flexibility index (Phi) is 4.53. The molecule has 0 amide bonds. The second kappa shape index (κ2) is 6.50. The zero-order valence-electron chi connectivity index (χ0n) is 17.1. The van der Waals surface area contributed by atoms with Crippen LogP contribution in [-0.4, -0.2) is 8.75 Å². The lowest BCUT2D eigenvalue weighted by Gasteiger charge is -2.15. The third-order valence-corrected chi connectivity index (χ3v) is 9.28. The maximum atomic E-state index is 4.76. The highest BCUT2D eigenvalue weighted by Gasteiger charge is 2.25. The van der Waals surface area contributed by atoms with Crippen molar-refractivity contribution in [1.29, 1.82) is 0 Å². The average molecular weight is 413 g/mol. The van der Waals surface area contributed by atoms with Gasteiger partial charge in [0.2, 0.25) is 0 Å². The molecule has 0 aliphatic heterocycles. The second-order valence-corrected chi connectivity index (χ2v) is 10.4. The number of nitrogens with zero attached hydrogens (tertiary/aromatic N) is 2. The number of rotatable bonds is 2. The monoisotopic (exact) mass is 412 g/mol. The smallest absolute Gasteiger partial charge is 0.114 e. The van der Waals surface area contributed by atoms with Gasteiger partial charge in [-0.05, 0) is 88.8 Å². The third-order valence-electron chi connectivity index (χ3n) is 6.10. The van der Waals surface area contributed by atoms with E-state index >= 15 is 0 Å². The van der Waals surface area contributed by atoms with Gasteiger partial charge in [0.1, 0.15) is 11.0 Å². The van der Waals surface area contributed by atoms with E-state index in [0.717, 1.165) is 11.0 Å². The molecule has 0 aliphatic carbocycles. The van der Waals surface area contributed by atoms with Crippen LogP contribution in [-0.2, 0) is 0 Å². The van der Waals surface area contributed by atoms with Crippen LogP contribution in [0.15, 0.2) is 0 Å². The highest BCUT2D eigenvalue weighted by Crippen LogP contribution is 2.47. The van der Waals surface area contributed by atoms with Crippen LogP contribution < -0.4 is 0 Å². The lowest BCUT2D eigenvalue weighted by Crippen LogP contribution is -1.95. The summed E-state index contributed by atoms with van der Waals surface area (Å²) in [5, 5.41) is 0. The Morgan fingerprint density at radius 2 is 0.852 bits per heavy atom. The molecule has 0 saturated heterocycles. The molecular formula is C22H24N2S3. The molecule has 5 heteroatoms. The molecule has 0 aliphatic rings. The van der Waals surface area contributed by atoms with Crippen LogP contribution in [0.3, 0.4) is 0 Å². The van der Waals surface area contributed by atoms with Gasteiger partial charge in [0.15, 0.2) is 0 Å². The molecule has 1 aromatic carbocycles. The molecule has 140 valence electrons. The number of hydrogen-bond donors (Lipinski definition) is 0. The van der Waals surface area contributed by atoms with Crippen LogP contribution >= 0.6 is 34.4 Å². The number of hydrogen-bond acceptors (Lipinski definition) is 5. The summed E-state index contributed by atoms with van der Waals surface area (Å²) in [5.41, 5.74) is 12.9. The van der Waals surface area contributed by atoms with E-state index in [-0.39, 0.29) is 0 Å². The summed E-state index contributed by atoms with van der Waals surface area (Å²) in [6.45, 7) is 17.8. The van der Waals surface area contributed by atoms with Gasteiger partial charge in [-0.15, -0.1) is 22.7 Å². The molecule has 0 unspecified atom stereocenters. The molecule has 4 aromatic rings. The van der Waals surface area contributed by atoms with E-state index in [0.29, 0.717) is 0 Å². The average Bonchev–Trinajstić information content (AvgIpc) is 3.27. The van der Waals surface area contributed by atoms with Gasteiger partial charge in [-0.1, -0.05) is 0 Å². The van der Waals surface area contributed by atoms with Crippen molar-refractivity contribution in [3.05, 3.63) is 43.1 Å². The standard InChI is InChI=1S/C22H24N2S3/c1-9-13(5)21(25-15(9)7)17-11(3)12(4)18(20-19(17)23-27-24-20)22-14(6)10(2)16(8)26-22/h1-8H3. The zero-order chi connectivity index (χ0) is 19.6. The molecule has 3 aromatic heterocycles. The fourth-order valence-electron chi connectivity index (χ4n) is 3.76. The summed E-state index contributed by atoms with van der Waals surface area (Å²) in [6.07, 6.45) is 0. The Labute approximate surface area is 173 Å². The van der Waals surface area contributed by atoms with Crippen LogP contribution in [0.5, 0.6) is 0 Å². The maximum absolute atomic E-state index is 4.76. The minimum atomic E-state index is 1.06. The molecule has 0 bridgehead atoms. The first kappa shape index (κ1) is 18.8. The van der Waals surface area contributed by atoms with Gasteiger partial charge in [-0.25, -0.2) is 0 Å². The van der Waals surface area contributed by atoms with E-state index in [1.165, 1.54) is 75.7 Å². The van der Waals surface area contributed by atoms with Crippen LogP contribution in [0, 0.1) is 55.4 Å². The molecule has 2 nitrogen and oxygen atoms in total. The van der Waals surface area contributed by atoms with Crippen LogP contribution in [0.2, 0.25) is 0 Å². The Hall–Kier alpha value is -1.56. The predicted octanol–water partition coefficient (Wildman–Crippen LogP) is 7.62. The lowest BCUT2D eigenvalue weighted by atomic mass is 9.91. The van der Waals surface area contributed by atoms with Gasteiger partial charge in [0, 0.05) is 30.6 Å². The molecule has 0 atom stereocenters. The van der Waals surface area contributed by atoms with E-state index in [1.54, 1.807) is 0 Å². The Balaban J connectivity index is 2.12. The van der Waals surface area contributed by atoms with Crippen molar-refractivity contribution in [2.45, 2.75) is 55.4 Å². The molecule has 0 fully saturated rings. The molecule has 0 radical (unpaired) electrons. The number of benzene rings is 1. The first-order valence-corrected chi connectivity index (χ1v) is 11.5. The minimum Gasteiger partial charge on any atom is -0.172 e. The zero-order valence-corrected chi connectivity index (χ0v) is 19.6. The van der Waals surface area contributed by atoms with Gasteiger partial charge < -0.3 is 0 Å². The van der Waals surface area contributed by atoms with Crippen LogP contribution in [0.1, 0.15) is 43.1 Å². The quantitative estimate of drug-likeness (QED) is 0.338. The van der Waals surface area contributed by atoms with Gasteiger partial charge in [0.25, 0.3) is 0 Å². The van der Waals surface area contributed by atoms with Crippen molar-refractivity contribution in [1.82, 2.24) is 8.75 Å². The lowest BCUT2D eigenvalue weighted by molar-refractivity contribution is 1.32.